The van der Waals surface area contributed by atoms with Crippen molar-refractivity contribution in [2.45, 2.75) is 57.9 Å². The minimum absolute atomic E-state index is 0.257. The van der Waals surface area contributed by atoms with Gasteiger partial charge < -0.3 is 10.6 Å². The van der Waals surface area contributed by atoms with E-state index in [4.69, 9.17) is 10.7 Å². The van der Waals surface area contributed by atoms with Crippen LogP contribution in [-0.4, -0.2) is 38.6 Å². The minimum atomic E-state index is -0.597. The van der Waals surface area contributed by atoms with Crippen LogP contribution in [0.25, 0.3) is 27.1 Å². The van der Waals surface area contributed by atoms with Crippen molar-refractivity contribution in [3.05, 3.63) is 41.5 Å². The molecule has 6 rings (SSSR count). The molecule has 2 fully saturated rings. The van der Waals surface area contributed by atoms with Gasteiger partial charge in [0, 0.05) is 18.7 Å². The largest absolute Gasteiger partial charge is 0.365 e. The van der Waals surface area contributed by atoms with Gasteiger partial charge in [-0.3, -0.25) is 4.79 Å². The number of hydrogen-bond donors (Lipinski definition) is 1. The predicted molar refractivity (Wildman–Crippen MR) is 136 cm³/mol. The van der Waals surface area contributed by atoms with Crippen molar-refractivity contribution in [2.24, 2.45) is 17.6 Å². The molecule has 1 aromatic carbocycles. The molecule has 2 saturated carbocycles. The molecule has 0 radical (unpaired) electrons. The zero-order valence-corrected chi connectivity index (χ0v) is 20.8. The van der Waals surface area contributed by atoms with E-state index < -0.39 is 11.7 Å². The molecule has 0 saturated heterocycles. The normalized spacial score (nSPS) is 22.4. The highest BCUT2D eigenvalue weighted by Gasteiger charge is 2.32. The van der Waals surface area contributed by atoms with Crippen LogP contribution in [0.3, 0.4) is 0 Å². The lowest BCUT2D eigenvalue weighted by Gasteiger charge is -2.32. The molecule has 182 valence electrons. The van der Waals surface area contributed by atoms with E-state index in [-0.39, 0.29) is 5.56 Å². The fourth-order valence-electron chi connectivity index (χ4n) is 5.95. The van der Waals surface area contributed by atoms with Crippen molar-refractivity contribution in [1.82, 2.24) is 19.6 Å². The third-order valence-corrected chi connectivity index (χ3v) is 8.91. The Kier molecular flexibility index (Phi) is 5.47. The van der Waals surface area contributed by atoms with E-state index in [2.05, 4.69) is 22.0 Å². The van der Waals surface area contributed by atoms with Gasteiger partial charge in [-0.25, -0.2) is 18.9 Å². The van der Waals surface area contributed by atoms with Crippen molar-refractivity contribution in [1.29, 1.82) is 0 Å². The first-order valence-corrected chi connectivity index (χ1v) is 13.2. The van der Waals surface area contributed by atoms with Gasteiger partial charge in [-0.15, -0.1) is 0 Å². The van der Waals surface area contributed by atoms with Crippen molar-refractivity contribution in [3.63, 3.8) is 0 Å². The number of aryl methyl sites for hydroxylation is 1. The van der Waals surface area contributed by atoms with Crippen molar-refractivity contribution in [3.8, 4) is 11.3 Å². The van der Waals surface area contributed by atoms with Crippen LogP contribution in [0.5, 0.6) is 0 Å². The predicted octanol–water partition coefficient (Wildman–Crippen LogP) is 5.35. The van der Waals surface area contributed by atoms with Crippen LogP contribution in [0.15, 0.2) is 24.4 Å². The lowest BCUT2D eigenvalue weighted by atomic mass is 9.88. The number of halogens is 1. The number of benzene rings is 1. The molecule has 0 spiro atoms. The first kappa shape index (κ1) is 22.4. The number of rotatable bonds is 4. The molecule has 4 aromatic rings. The topological polar surface area (TPSA) is 89.4 Å². The standard InChI is InChI=1S/C26H29FN6OS/c1-14-13-33-25(29-14)19(24(28)34)12-21(31-33)17-10-20(27)23-22(11-17)35-26(30-23)32(2)18-8-15-4-3-5-16(9-18)7-6-15/h10-13,15-16,18H,3-9H2,1-2H3,(H2,28,34). The SMILES string of the molecule is Cc1cn2nc(-c3cc(F)c4nc(N(C)C5CC6CCCC(CC6)C5)sc4c3)cc(C(N)=O)c2n1. The second-order valence-corrected chi connectivity index (χ2v) is 11.2. The molecule has 1 amide bonds. The number of imidazole rings is 1. The molecule has 3 heterocycles. The Balaban J connectivity index is 1.37. The molecular formula is C26H29FN6OS. The van der Waals surface area contributed by atoms with Crippen LogP contribution in [0.2, 0.25) is 0 Å². The maximum Gasteiger partial charge on any atom is 0.252 e. The number of thiazole rings is 1. The Morgan fingerprint density at radius 2 is 1.89 bits per heavy atom. The van der Waals surface area contributed by atoms with Gasteiger partial charge in [0.2, 0.25) is 0 Å². The molecule has 35 heavy (non-hydrogen) atoms. The lowest BCUT2D eigenvalue weighted by molar-refractivity contribution is 0.100. The van der Waals surface area contributed by atoms with Crippen LogP contribution in [-0.2, 0) is 0 Å². The summed E-state index contributed by atoms with van der Waals surface area (Å²) in [7, 11) is 2.11. The third-order valence-electron chi connectivity index (χ3n) is 7.81. The number of carbonyl (C=O) groups excluding carboxylic acids is 1. The molecule has 2 unspecified atom stereocenters. The quantitative estimate of drug-likeness (QED) is 0.415. The number of primary amides is 1. The summed E-state index contributed by atoms with van der Waals surface area (Å²) in [5, 5.41) is 5.42. The number of carbonyl (C=O) groups is 1. The fraction of sp³-hybridized carbons (Fsp3) is 0.462. The number of amides is 1. The van der Waals surface area contributed by atoms with E-state index in [0.29, 0.717) is 28.5 Å². The molecule has 3 aromatic heterocycles. The van der Waals surface area contributed by atoms with Gasteiger partial charge >= 0.3 is 0 Å². The molecule has 9 heteroatoms. The Labute approximate surface area is 207 Å². The monoisotopic (exact) mass is 492 g/mol. The second-order valence-electron chi connectivity index (χ2n) is 10.2. The number of nitrogens with zero attached hydrogens (tertiary/aromatic N) is 5. The summed E-state index contributed by atoms with van der Waals surface area (Å²) < 4.78 is 17.6. The highest BCUT2D eigenvalue weighted by molar-refractivity contribution is 7.22. The second kappa shape index (κ2) is 8.55. The van der Waals surface area contributed by atoms with E-state index >= 15 is 4.39 Å². The molecule has 7 nitrogen and oxygen atoms in total. The molecule has 2 aliphatic carbocycles. The molecular weight excluding hydrogens is 463 g/mol. The van der Waals surface area contributed by atoms with Gasteiger partial charge in [0.05, 0.1) is 27.8 Å². The van der Waals surface area contributed by atoms with Crippen LogP contribution in [0.1, 0.15) is 61.0 Å². The number of nitrogens with two attached hydrogens (primary N) is 1. The smallest absolute Gasteiger partial charge is 0.252 e. The lowest BCUT2D eigenvalue weighted by Crippen LogP contribution is -2.34. The molecule has 2 bridgehead atoms. The summed E-state index contributed by atoms with van der Waals surface area (Å²) in [6, 6.07) is 5.37. The average molecular weight is 493 g/mol. The zero-order chi connectivity index (χ0) is 24.3. The van der Waals surface area contributed by atoms with Crippen LogP contribution in [0.4, 0.5) is 9.52 Å². The summed E-state index contributed by atoms with van der Waals surface area (Å²) in [6.45, 7) is 1.82. The molecule has 2 N–H and O–H groups in total. The van der Waals surface area contributed by atoms with Crippen LogP contribution < -0.4 is 10.6 Å². The van der Waals surface area contributed by atoms with Gasteiger partial charge in [-0.1, -0.05) is 43.4 Å². The van der Waals surface area contributed by atoms with E-state index in [1.54, 1.807) is 12.3 Å². The summed E-state index contributed by atoms with van der Waals surface area (Å²) in [6.07, 6.45) is 10.8. The van der Waals surface area contributed by atoms with Gasteiger partial charge in [0.15, 0.2) is 16.6 Å². The Hall–Kier alpha value is -3.07. The van der Waals surface area contributed by atoms with Crippen LogP contribution in [0, 0.1) is 24.6 Å². The zero-order valence-electron chi connectivity index (χ0n) is 20.0. The number of fused-ring (bicyclic) bond motifs is 5. The van der Waals surface area contributed by atoms with Crippen molar-refractivity contribution in [2.75, 3.05) is 11.9 Å². The van der Waals surface area contributed by atoms with E-state index in [1.807, 2.05) is 13.0 Å². The highest BCUT2D eigenvalue weighted by Crippen LogP contribution is 2.41. The van der Waals surface area contributed by atoms with Crippen molar-refractivity contribution < 1.29 is 9.18 Å². The summed E-state index contributed by atoms with van der Waals surface area (Å²) in [5.74, 6) is 0.594. The Bertz CT molecular complexity index is 1430. The Morgan fingerprint density at radius 3 is 2.60 bits per heavy atom. The van der Waals surface area contributed by atoms with E-state index in [9.17, 15) is 4.79 Å². The number of anilines is 1. The van der Waals surface area contributed by atoms with Gasteiger partial charge in [-0.2, -0.15) is 5.10 Å². The Morgan fingerprint density at radius 1 is 1.14 bits per heavy atom. The van der Waals surface area contributed by atoms with E-state index in [1.165, 1.54) is 66.9 Å². The maximum atomic E-state index is 15.3. The number of aromatic nitrogens is 4. The summed E-state index contributed by atoms with van der Waals surface area (Å²) in [5.41, 5.74) is 8.39. The van der Waals surface area contributed by atoms with Gasteiger partial charge in [0.1, 0.15) is 5.52 Å². The van der Waals surface area contributed by atoms with Gasteiger partial charge in [-0.05, 0) is 49.8 Å². The van der Waals surface area contributed by atoms with E-state index in [0.717, 1.165) is 27.4 Å². The highest BCUT2D eigenvalue weighted by atomic mass is 32.1. The minimum Gasteiger partial charge on any atom is -0.365 e. The van der Waals surface area contributed by atoms with Crippen LogP contribution >= 0.6 is 11.3 Å². The van der Waals surface area contributed by atoms with Crippen molar-refractivity contribution >= 4 is 38.2 Å². The van der Waals surface area contributed by atoms with Gasteiger partial charge in [0.25, 0.3) is 5.91 Å². The molecule has 2 atom stereocenters. The molecule has 2 aliphatic rings. The first-order valence-electron chi connectivity index (χ1n) is 12.4. The number of hydrogen-bond acceptors (Lipinski definition) is 6. The maximum absolute atomic E-state index is 15.3. The molecule has 0 aliphatic heterocycles. The third kappa shape index (κ3) is 4.05. The average Bonchev–Trinajstić information content (AvgIpc) is 3.26. The first-order chi connectivity index (χ1) is 16.9. The summed E-state index contributed by atoms with van der Waals surface area (Å²) in [4.78, 5) is 23.4. The summed E-state index contributed by atoms with van der Waals surface area (Å²) >= 11 is 1.51. The fourth-order valence-corrected chi connectivity index (χ4v) is 7.01.